The average Bonchev–Trinajstić information content (AvgIpc) is 2.83. The van der Waals surface area contributed by atoms with E-state index in [9.17, 15) is 0 Å². The third-order valence-electron chi connectivity index (χ3n) is 7.13. The van der Waals surface area contributed by atoms with Crippen molar-refractivity contribution in [3.05, 3.63) is 6.92 Å². The number of rotatable bonds is 22. The summed E-state index contributed by atoms with van der Waals surface area (Å²) in [6.45, 7) is 20.0. The van der Waals surface area contributed by atoms with Crippen molar-refractivity contribution in [3.8, 4) is 0 Å². The first-order chi connectivity index (χ1) is 18.1. The van der Waals surface area contributed by atoms with E-state index in [1.54, 1.807) is 0 Å². The van der Waals surface area contributed by atoms with Gasteiger partial charge in [0, 0.05) is 0 Å². The van der Waals surface area contributed by atoms with Gasteiger partial charge in [0.2, 0.25) is 0 Å². The van der Waals surface area contributed by atoms with Crippen LogP contribution in [-0.4, -0.2) is 35.7 Å². The Kier molecular flexibility index (Phi) is 47.0. The van der Waals surface area contributed by atoms with Crippen molar-refractivity contribution in [2.24, 2.45) is 23.7 Å². The van der Waals surface area contributed by atoms with Gasteiger partial charge in [-0.2, -0.15) is 6.42 Å². The second kappa shape index (κ2) is 36.0. The van der Waals surface area contributed by atoms with Crippen molar-refractivity contribution in [2.45, 2.75) is 176 Å². The third-order valence-corrected chi connectivity index (χ3v) is 14.1. The summed E-state index contributed by atoms with van der Waals surface area (Å²) in [5.74, 6) is 3.14. The van der Waals surface area contributed by atoms with Crippen molar-refractivity contribution < 1.29 is 17.0 Å². The summed E-state index contributed by atoms with van der Waals surface area (Å²) in [6, 6.07) is 0.622. The van der Waals surface area contributed by atoms with E-state index in [4.69, 9.17) is 55.4 Å². The Morgan fingerprint density at radius 3 is 1.27 bits per heavy atom. The summed E-state index contributed by atoms with van der Waals surface area (Å²) in [6.07, 6.45) is 20.4. The molecule has 0 aromatic heterocycles. The van der Waals surface area contributed by atoms with E-state index in [-0.39, 0.29) is 40.0 Å². The van der Waals surface area contributed by atoms with E-state index in [1.165, 1.54) is 89.9 Å². The average molecular weight is 791 g/mol. The molecule has 0 aromatic rings. The molecular weight excluding hydrogens is 722 g/mol. The Hall–Kier alpha value is 3.13. The molecule has 0 aliphatic rings. The zero-order valence-electron chi connectivity index (χ0n) is 28.4. The van der Waals surface area contributed by atoms with Crippen LogP contribution in [0.15, 0.2) is 0 Å². The van der Waals surface area contributed by atoms with Crippen LogP contribution in [-0.2, 0) is 0 Å². The van der Waals surface area contributed by atoms with Gasteiger partial charge in [0.05, 0.1) is 0 Å². The Balaban J connectivity index is -0.000000173. The maximum Gasteiger partial charge on any atom is 2.00 e. The quantitative estimate of drug-likeness (QED) is 0.0444. The van der Waals surface area contributed by atoms with Crippen LogP contribution in [0.4, 0.5) is 0 Å². The molecular formula is C32H68BrCl5MgSi2. The Morgan fingerprint density at radius 2 is 0.927 bits per heavy atom. The molecule has 248 valence electrons. The van der Waals surface area contributed by atoms with Gasteiger partial charge in [-0.05, 0) is 48.2 Å². The second-order valence-electron chi connectivity index (χ2n) is 12.8. The number of unbranched alkanes of at least 4 members (excludes halogenated alkanes) is 6. The van der Waals surface area contributed by atoms with Crippen molar-refractivity contribution in [2.75, 3.05) is 0 Å². The molecule has 0 aliphatic heterocycles. The van der Waals surface area contributed by atoms with E-state index in [0.717, 1.165) is 48.7 Å². The summed E-state index contributed by atoms with van der Waals surface area (Å²) in [5, 5.41) is 0. The van der Waals surface area contributed by atoms with E-state index < -0.39 is 12.7 Å². The summed E-state index contributed by atoms with van der Waals surface area (Å²) < 4.78 is 0. The molecule has 0 spiro atoms. The third kappa shape index (κ3) is 52.9. The van der Waals surface area contributed by atoms with Gasteiger partial charge in [0.25, 0.3) is 6.69 Å². The topological polar surface area (TPSA) is 0 Å². The van der Waals surface area contributed by atoms with Gasteiger partial charge in [-0.1, -0.05) is 145 Å². The molecule has 41 heavy (non-hydrogen) atoms. The number of halogens is 6. The van der Waals surface area contributed by atoms with Crippen LogP contribution in [0.1, 0.15) is 158 Å². The normalized spacial score (nSPS) is 12.9. The van der Waals surface area contributed by atoms with Crippen LogP contribution < -0.4 is 17.0 Å². The van der Waals surface area contributed by atoms with Crippen LogP contribution in [0.2, 0.25) is 18.1 Å². The van der Waals surface area contributed by atoms with Gasteiger partial charge in [-0.25, -0.2) is 0 Å². The van der Waals surface area contributed by atoms with Crippen molar-refractivity contribution >= 4 is 91.1 Å². The van der Waals surface area contributed by atoms with Crippen LogP contribution in [0.5, 0.6) is 0 Å². The van der Waals surface area contributed by atoms with Gasteiger partial charge in [-0.3, -0.25) is 0 Å². The molecule has 0 heterocycles. The molecule has 0 bridgehead atoms. The predicted octanol–water partition coefficient (Wildman–Crippen LogP) is 11.9. The fraction of sp³-hybridized carbons (Fsp3) is 0.969. The smallest absolute Gasteiger partial charge is 1.00 e. The van der Waals surface area contributed by atoms with Crippen molar-refractivity contribution in [1.29, 1.82) is 0 Å². The van der Waals surface area contributed by atoms with Crippen molar-refractivity contribution in [3.63, 3.8) is 0 Å². The summed E-state index contributed by atoms with van der Waals surface area (Å²) in [5.41, 5.74) is 0. The first-order valence-corrected chi connectivity index (χ1v) is 26.0. The first kappa shape index (κ1) is 53.6. The van der Waals surface area contributed by atoms with E-state index in [1.807, 2.05) is 0 Å². The fourth-order valence-corrected chi connectivity index (χ4v) is 9.46. The van der Waals surface area contributed by atoms with E-state index in [0.29, 0.717) is 5.92 Å². The van der Waals surface area contributed by atoms with Gasteiger partial charge in [0.1, 0.15) is 0 Å². The summed E-state index contributed by atoms with van der Waals surface area (Å²) >= 11 is 30.6. The molecule has 9 heteroatoms. The molecule has 0 aliphatic carbocycles. The molecule has 0 saturated heterocycles. The molecule has 2 unspecified atom stereocenters. The molecule has 0 fully saturated rings. The van der Waals surface area contributed by atoms with Crippen LogP contribution in [0.25, 0.3) is 0 Å². The van der Waals surface area contributed by atoms with Crippen LogP contribution in [0.3, 0.4) is 0 Å². The minimum absolute atomic E-state index is 0. The Bertz CT molecular complexity index is 491. The molecule has 0 nitrogen and oxygen atoms in total. The van der Waals surface area contributed by atoms with E-state index >= 15 is 0 Å². The van der Waals surface area contributed by atoms with Gasteiger partial charge < -0.3 is 23.9 Å². The molecule has 0 amide bonds. The number of hydrogen-bond acceptors (Lipinski definition) is 0. The first-order valence-electron chi connectivity index (χ1n) is 16.3. The van der Waals surface area contributed by atoms with Gasteiger partial charge in [-0.15, -0.1) is 55.4 Å². The standard InChI is InChI=1S/C16H34Cl2Si.C10H21Cl3Si.C6H13.BrH.Mg/c1-5-6-7-8-13-19(17,18)14-12-16(4)11-9-10-15(2)3;1-9(2)5-4-6-10(3)7-8-14(11,12)13;1-3-5-6-4-2;;/h15-16H,5-14H2,1-4H3;9-10H,4-8H2,1-3H3;1,3-6H2,2H3;1H;/q;;-1;;+2/p-1. The molecule has 2 atom stereocenters. The largest absolute Gasteiger partial charge is 2.00 e. The molecule has 0 saturated carbocycles. The maximum atomic E-state index is 6.55. The summed E-state index contributed by atoms with van der Waals surface area (Å²) in [7, 11) is 0. The minimum Gasteiger partial charge on any atom is -1.00 e. The molecule has 0 radical (unpaired) electrons. The predicted molar refractivity (Wildman–Crippen MR) is 200 cm³/mol. The zero-order valence-corrected chi connectivity index (χ0v) is 37.2. The maximum absolute atomic E-state index is 6.55. The number of hydrogen-bond donors (Lipinski definition) is 0. The van der Waals surface area contributed by atoms with Gasteiger partial charge in [0.15, 0.2) is 0 Å². The van der Waals surface area contributed by atoms with E-state index in [2.05, 4.69) is 62.3 Å². The zero-order chi connectivity index (χ0) is 30.7. The Morgan fingerprint density at radius 1 is 0.512 bits per heavy atom. The molecule has 0 aromatic carbocycles. The second-order valence-corrected chi connectivity index (χ2v) is 29.7. The molecule has 0 rings (SSSR count). The summed E-state index contributed by atoms with van der Waals surface area (Å²) in [4.78, 5) is 0. The fourth-order valence-electron chi connectivity index (χ4n) is 4.27. The van der Waals surface area contributed by atoms with Crippen LogP contribution >= 0.6 is 55.4 Å². The van der Waals surface area contributed by atoms with Gasteiger partial charge >= 0.3 is 29.1 Å². The SMILES string of the molecule is CC(C)CCCC(C)CC[Si](Cl)(Cl)Cl.CCCCCC[Si](Cl)(Cl)CCC(C)CCCC(C)C.[Br-].[CH2-]CCCCC.[Mg+2]. The van der Waals surface area contributed by atoms with Crippen LogP contribution in [0, 0.1) is 30.6 Å². The monoisotopic (exact) mass is 786 g/mol. The molecule has 0 N–H and O–H groups in total. The Labute approximate surface area is 312 Å². The minimum atomic E-state index is -2.36. The van der Waals surface area contributed by atoms with Crippen molar-refractivity contribution in [1.82, 2.24) is 0 Å².